The molecule has 2 aromatic rings. The van der Waals surface area contributed by atoms with E-state index in [1.54, 1.807) is 6.92 Å². The largest absolute Gasteiger partial charge is 0.354 e. The first-order valence-electron chi connectivity index (χ1n) is 6.51. The van der Waals surface area contributed by atoms with Gasteiger partial charge in [0.05, 0.1) is 0 Å². The molecule has 0 atom stereocenters. The predicted octanol–water partition coefficient (Wildman–Crippen LogP) is 1.12. The van der Waals surface area contributed by atoms with Crippen molar-refractivity contribution in [2.75, 3.05) is 31.1 Å². The number of rotatable bonds is 2. The van der Waals surface area contributed by atoms with Crippen LogP contribution in [0.2, 0.25) is 0 Å². The van der Waals surface area contributed by atoms with Gasteiger partial charge in [-0.25, -0.2) is 0 Å². The summed E-state index contributed by atoms with van der Waals surface area (Å²) in [5.41, 5.74) is -0.0902. The van der Waals surface area contributed by atoms with Crippen LogP contribution in [0.3, 0.4) is 0 Å². The van der Waals surface area contributed by atoms with E-state index < -0.39 is 23.4 Å². The van der Waals surface area contributed by atoms with Gasteiger partial charge in [0, 0.05) is 31.7 Å². The monoisotopic (exact) mass is 285 g/mol. The van der Waals surface area contributed by atoms with Crippen LogP contribution in [0.15, 0.2) is 0 Å². The number of halogens is 3. The lowest BCUT2D eigenvalue weighted by Crippen LogP contribution is -2.45. The Morgan fingerprint density at radius 3 is 2.50 bits per heavy atom. The quantitative estimate of drug-likeness (QED) is 0.840. The van der Waals surface area contributed by atoms with Gasteiger partial charge < -0.3 is 10.2 Å². The van der Waals surface area contributed by atoms with Crippen molar-refractivity contribution in [1.82, 2.24) is 19.9 Å². The summed E-state index contributed by atoms with van der Waals surface area (Å²) in [6.45, 7) is 4.46. The molecule has 1 saturated heterocycles. The van der Waals surface area contributed by atoms with E-state index in [-0.39, 0.29) is 0 Å². The predicted molar refractivity (Wildman–Crippen MR) is 67.3 cm³/mol. The molecule has 20 heavy (non-hydrogen) atoms. The molecule has 0 aliphatic carbocycles. The Morgan fingerprint density at radius 1 is 1.15 bits per heavy atom. The lowest BCUT2D eigenvalue weighted by Gasteiger charge is -2.30. The van der Waals surface area contributed by atoms with E-state index in [4.69, 9.17) is 0 Å². The van der Waals surface area contributed by atoms with Crippen molar-refractivity contribution in [2.45, 2.75) is 13.3 Å². The van der Waals surface area contributed by atoms with Crippen LogP contribution in [0.5, 0.6) is 0 Å². The van der Waals surface area contributed by atoms with Crippen molar-refractivity contribution in [3.05, 3.63) is 23.3 Å². The summed E-state index contributed by atoms with van der Waals surface area (Å²) >= 11 is 0. The molecule has 1 aliphatic rings. The highest BCUT2D eigenvalue weighted by Crippen LogP contribution is 2.26. The Kier molecular flexibility index (Phi) is 3.25. The van der Waals surface area contributed by atoms with Crippen molar-refractivity contribution in [3.8, 4) is 0 Å². The van der Waals surface area contributed by atoms with Crippen LogP contribution in [0.25, 0.3) is 5.65 Å². The number of nitrogens with one attached hydrogen (secondary N) is 1. The number of piperazine rings is 1. The van der Waals surface area contributed by atoms with Crippen molar-refractivity contribution in [3.63, 3.8) is 0 Å². The Morgan fingerprint density at radius 2 is 1.85 bits per heavy atom. The van der Waals surface area contributed by atoms with Crippen molar-refractivity contribution < 1.29 is 13.2 Å². The fraction of sp³-hybridized carbons (Fsp3) is 0.500. The van der Waals surface area contributed by atoms with Crippen LogP contribution in [-0.2, 0) is 6.42 Å². The van der Waals surface area contributed by atoms with Crippen LogP contribution in [0, 0.1) is 17.7 Å². The Labute approximate surface area is 113 Å². The summed E-state index contributed by atoms with van der Waals surface area (Å²) in [4.78, 5) is 5.37. The standard InChI is InChI=1S/C12H14F3N5/c1-2-7-9(14)17-11-8(13)10(15)18-20(11)12(7)19-5-3-16-4-6-19/h16H,2-6H2,1H3. The molecule has 3 rings (SSSR count). The minimum absolute atomic E-state index is 0.321. The molecule has 0 saturated carbocycles. The maximum Gasteiger partial charge on any atom is 0.271 e. The minimum atomic E-state index is -1.26. The number of hydrogen-bond acceptors (Lipinski definition) is 4. The van der Waals surface area contributed by atoms with E-state index >= 15 is 0 Å². The van der Waals surface area contributed by atoms with Gasteiger partial charge in [-0.1, -0.05) is 6.92 Å². The molecule has 5 nitrogen and oxygen atoms in total. The van der Waals surface area contributed by atoms with Gasteiger partial charge in [-0.05, 0) is 6.42 Å². The highest BCUT2D eigenvalue weighted by atomic mass is 19.2. The van der Waals surface area contributed by atoms with E-state index in [0.29, 0.717) is 30.9 Å². The summed E-state index contributed by atoms with van der Waals surface area (Å²) in [5.74, 6) is -2.86. The third-order valence-corrected chi connectivity index (χ3v) is 3.46. The fourth-order valence-corrected chi connectivity index (χ4v) is 2.49. The summed E-state index contributed by atoms with van der Waals surface area (Å²) in [6.07, 6.45) is 0.372. The maximum absolute atomic E-state index is 14.0. The number of hydrogen-bond donors (Lipinski definition) is 1. The zero-order chi connectivity index (χ0) is 14.3. The second kappa shape index (κ2) is 4.93. The second-order valence-electron chi connectivity index (χ2n) is 4.64. The molecule has 0 unspecified atom stereocenters. The molecule has 2 aromatic heterocycles. The Hall–Kier alpha value is -1.83. The third kappa shape index (κ3) is 1.91. The molecule has 108 valence electrons. The fourth-order valence-electron chi connectivity index (χ4n) is 2.49. The van der Waals surface area contributed by atoms with Crippen LogP contribution in [-0.4, -0.2) is 40.8 Å². The number of nitrogens with zero attached hydrogens (tertiary/aromatic N) is 4. The molecular formula is C12H14F3N5. The number of fused-ring (bicyclic) bond motifs is 1. The summed E-state index contributed by atoms with van der Waals surface area (Å²) in [7, 11) is 0. The van der Waals surface area contributed by atoms with E-state index in [1.807, 2.05) is 4.90 Å². The highest BCUT2D eigenvalue weighted by Gasteiger charge is 2.25. The molecule has 1 N–H and O–H groups in total. The minimum Gasteiger partial charge on any atom is -0.354 e. The smallest absolute Gasteiger partial charge is 0.271 e. The van der Waals surface area contributed by atoms with Gasteiger partial charge in [0.25, 0.3) is 5.95 Å². The first kappa shape index (κ1) is 13.2. The van der Waals surface area contributed by atoms with Crippen molar-refractivity contribution in [2.24, 2.45) is 0 Å². The first-order valence-corrected chi connectivity index (χ1v) is 6.51. The van der Waals surface area contributed by atoms with Gasteiger partial charge in [0.15, 0.2) is 5.65 Å². The van der Waals surface area contributed by atoms with Gasteiger partial charge in [-0.2, -0.15) is 22.7 Å². The summed E-state index contributed by atoms with van der Waals surface area (Å²) < 4.78 is 42.1. The van der Waals surface area contributed by atoms with Crippen LogP contribution in [0.1, 0.15) is 12.5 Å². The molecule has 8 heteroatoms. The van der Waals surface area contributed by atoms with Gasteiger partial charge in [-0.3, -0.25) is 0 Å². The first-order chi connectivity index (χ1) is 9.63. The Bertz CT molecular complexity index is 648. The second-order valence-corrected chi connectivity index (χ2v) is 4.64. The average molecular weight is 285 g/mol. The normalized spacial score (nSPS) is 16.1. The number of anilines is 1. The number of aromatic nitrogens is 3. The topological polar surface area (TPSA) is 45.5 Å². The van der Waals surface area contributed by atoms with Gasteiger partial charge in [0.1, 0.15) is 5.82 Å². The van der Waals surface area contributed by atoms with Gasteiger partial charge in [-0.15, -0.1) is 5.10 Å². The third-order valence-electron chi connectivity index (χ3n) is 3.46. The lowest BCUT2D eigenvalue weighted by atomic mass is 10.2. The zero-order valence-corrected chi connectivity index (χ0v) is 11.0. The van der Waals surface area contributed by atoms with Crippen LogP contribution < -0.4 is 10.2 Å². The summed E-state index contributed by atoms with van der Waals surface area (Å²) in [6, 6.07) is 0. The summed E-state index contributed by atoms with van der Waals surface area (Å²) in [5, 5.41) is 6.69. The molecule has 0 radical (unpaired) electrons. The zero-order valence-electron chi connectivity index (χ0n) is 11.0. The van der Waals surface area contributed by atoms with Crippen molar-refractivity contribution in [1.29, 1.82) is 0 Å². The SMILES string of the molecule is CCc1c(F)nc2c(F)c(F)nn2c1N1CCNCC1. The van der Waals surface area contributed by atoms with E-state index in [1.165, 1.54) is 0 Å². The van der Waals surface area contributed by atoms with Gasteiger partial charge in [0.2, 0.25) is 11.8 Å². The molecule has 0 spiro atoms. The average Bonchev–Trinajstić information content (AvgIpc) is 2.74. The van der Waals surface area contributed by atoms with E-state index in [0.717, 1.165) is 17.6 Å². The maximum atomic E-state index is 14.0. The molecule has 3 heterocycles. The molecular weight excluding hydrogens is 271 g/mol. The van der Waals surface area contributed by atoms with Crippen LogP contribution in [0.4, 0.5) is 19.0 Å². The Balaban J connectivity index is 2.27. The van der Waals surface area contributed by atoms with Crippen LogP contribution >= 0.6 is 0 Å². The van der Waals surface area contributed by atoms with E-state index in [2.05, 4.69) is 15.4 Å². The van der Waals surface area contributed by atoms with E-state index in [9.17, 15) is 13.2 Å². The lowest BCUT2D eigenvalue weighted by molar-refractivity contribution is 0.490. The molecule has 0 amide bonds. The highest BCUT2D eigenvalue weighted by molar-refractivity contribution is 5.56. The molecule has 1 aliphatic heterocycles. The molecule has 0 aromatic carbocycles. The van der Waals surface area contributed by atoms with Gasteiger partial charge >= 0.3 is 0 Å². The molecule has 1 fully saturated rings. The van der Waals surface area contributed by atoms with Crippen molar-refractivity contribution >= 4 is 11.5 Å². The molecule has 0 bridgehead atoms.